The first-order valence-electron chi connectivity index (χ1n) is 9.80. The third-order valence-electron chi connectivity index (χ3n) is 4.38. The van der Waals surface area contributed by atoms with Crippen molar-refractivity contribution in [3.05, 3.63) is 22.4 Å². The van der Waals surface area contributed by atoms with E-state index in [0.717, 1.165) is 19.3 Å². The lowest BCUT2D eigenvalue weighted by atomic mass is 10.2. The van der Waals surface area contributed by atoms with Gasteiger partial charge in [0.15, 0.2) is 0 Å². The average Bonchev–Trinajstić information content (AvgIpc) is 3.25. The van der Waals surface area contributed by atoms with E-state index in [9.17, 15) is 26.4 Å². The molecule has 0 bridgehead atoms. The van der Waals surface area contributed by atoms with Gasteiger partial charge in [0.1, 0.15) is 0 Å². The Morgan fingerprint density at radius 1 is 1.23 bits per heavy atom. The molecule has 1 fully saturated rings. The Morgan fingerprint density at radius 2 is 1.84 bits per heavy atom. The van der Waals surface area contributed by atoms with Crippen molar-refractivity contribution in [2.24, 2.45) is 0 Å². The molecule has 0 aliphatic carbocycles. The Bertz CT molecular complexity index is 780. The second-order valence-corrected chi connectivity index (χ2v) is 9.78. The van der Waals surface area contributed by atoms with E-state index < -0.39 is 22.2 Å². The molecule has 0 aromatic carbocycles. The van der Waals surface area contributed by atoms with Crippen LogP contribution in [0.2, 0.25) is 0 Å². The molecule has 178 valence electrons. The van der Waals surface area contributed by atoms with Crippen molar-refractivity contribution in [1.82, 2.24) is 14.5 Å². The minimum absolute atomic E-state index is 0.00373. The number of hydrogen-bond donors (Lipinski definition) is 2. The lowest BCUT2D eigenvalue weighted by Crippen LogP contribution is -2.48. The van der Waals surface area contributed by atoms with Gasteiger partial charge in [0.25, 0.3) is 5.91 Å². The van der Waals surface area contributed by atoms with E-state index in [1.807, 2.05) is 11.4 Å². The molecule has 1 aromatic rings. The first-order valence-corrected chi connectivity index (χ1v) is 12.3. The molecule has 2 heterocycles. The Balaban J connectivity index is 0.000000592. The van der Waals surface area contributed by atoms with E-state index in [1.165, 1.54) is 15.6 Å². The van der Waals surface area contributed by atoms with Crippen LogP contribution in [0.25, 0.3) is 0 Å². The molecule has 0 atom stereocenters. The number of carbonyl (C=O) groups excluding carboxylic acids is 1. The zero-order chi connectivity index (χ0) is 23.5. The maximum Gasteiger partial charge on any atom is 0.490 e. The highest BCUT2D eigenvalue weighted by molar-refractivity contribution is 7.89. The maximum absolute atomic E-state index is 12.6. The maximum atomic E-state index is 12.6. The Labute approximate surface area is 184 Å². The molecule has 2 N–H and O–H groups in total. The quantitative estimate of drug-likeness (QED) is 0.518. The Hall–Kier alpha value is -1.70. The molecule has 8 nitrogen and oxygen atoms in total. The third-order valence-corrected chi connectivity index (χ3v) is 7.09. The molecule has 1 saturated heterocycles. The molecular weight excluding hydrogens is 459 g/mol. The minimum atomic E-state index is -5.08. The predicted octanol–water partition coefficient (Wildman–Crippen LogP) is 2.25. The van der Waals surface area contributed by atoms with Gasteiger partial charge in [0, 0.05) is 39.3 Å². The fourth-order valence-corrected chi connectivity index (χ4v) is 4.84. The minimum Gasteiger partial charge on any atom is -0.475 e. The van der Waals surface area contributed by atoms with E-state index in [1.54, 1.807) is 11.0 Å². The number of piperazine rings is 1. The highest BCUT2D eigenvalue weighted by Gasteiger charge is 2.38. The molecule has 1 aliphatic rings. The number of rotatable bonds is 9. The van der Waals surface area contributed by atoms with Crippen LogP contribution in [0.1, 0.15) is 35.9 Å². The third kappa shape index (κ3) is 9.97. The number of unbranched alkanes of at least 4 members (excludes halogenated alkanes) is 2. The number of hydrogen-bond acceptors (Lipinski definition) is 6. The van der Waals surface area contributed by atoms with Crippen molar-refractivity contribution in [3.63, 3.8) is 0 Å². The number of nitrogens with one attached hydrogen (secondary N) is 1. The standard InChI is InChI=1S/C16H27N3O3S2.C2HF3O2/c1-2-3-4-9-18(16(20)15-6-5-13-23-15)12-14-24(21,22)19-10-7-17-8-11-19;3-2(4,5)1(6)7/h5-6,13,17H,2-4,7-12,14H2,1H3;(H,6,7). The zero-order valence-corrected chi connectivity index (χ0v) is 18.9. The molecule has 1 aliphatic heterocycles. The normalized spacial score (nSPS) is 15.1. The Morgan fingerprint density at radius 3 is 2.32 bits per heavy atom. The largest absolute Gasteiger partial charge is 0.490 e. The molecule has 1 aromatic heterocycles. The van der Waals surface area contributed by atoms with E-state index in [-0.39, 0.29) is 18.2 Å². The van der Waals surface area contributed by atoms with Gasteiger partial charge in [-0.15, -0.1) is 11.3 Å². The monoisotopic (exact) mass is 487 g/mol. The molecular formula is C18H28F3N3O5S2. The lowest BCUT2D eigenvalue weighted by Gasteiger charge is -2.28. The molecule has 31 heavy (non-hydrogen) atoms. The van der Waals surface area contributed by atoms with E-state index in [4.69, 9.17) is 9.90 Å². The van der Waals surface area contributed by atoms with Gasteiger partial charge in [0.05, 0.1) is 10.6 Å². The van der Waals surface area contributed by atoms with Crippen molar-refractivity contribution < 1.29 is 36.3 Å². The first-order chi connectivity index (χ1) is 14.5. The summed E-state index contributed by atoms with van der Waals surface area (Å²) in [6, 6.07) is 3.64. The second kappa shape index (κ2) is 13.0. The topological polar surface area (TPSA) is 107 Å². The number of nitrogens with zero attached hydrogens (tertiary/aromatic N) is 2. The summed E-state index contributed by atoms with van der Waals surface area (Å²) in [5, 5.41) is 12.1. The van der Waals surface area contributed by atoms with Crippen LogP contribution >= 0.6 is 11.3 Å². The number of carboxylic acid groups (broad SMARTS) is 1. The van der Waals surface area contributed by atoms with E-state index in [0.29, 0.717) is 37.6 Å². The van der Waals surface area contributed by atoms with Crippen LogP contribution in [0.5, 0.6) is 0 Å². The van der Waals surface area contributed by atoms with Crippen LogP contribution in [0, 0.1) is 0 Å². The highest BCUT2D eigenvalue weighted by Crippen LogP contribution is 2.14. The van der Waals surface area contributed by atoms with E-state index >= 15 is 0 Å². The second-order valence-electron chi connectivity index (χ2n) is 6.74. The number of sulfonamides is 1. The van der Waals surface area contributed by atoms with Gasteiger partial charge in [-0.25, -0.2) is 13.2 Å². The fourth-order valence-electron chi connectivity index (χ4n) is 2.70. The highest BCUT2D eigenvalue weighted by atomic mass is 32.2. The van der Waals surface area contributed by atoms with Gasteiger partial charge in [-0.2, -0.15) is 17.5 Å². The molecule has 13 heteroatoms. The number of aliphatic carboxylic acids is 1. The lowest BCUT2D eigenvalue weighted by molar-refractivity contribution is -0.192. The molecule has 0 radical (unpaired) electrons. The number of carboxylic acids is 1. The van der Waals surface area contributed by atoms with Crippen LogP contribution in [-0.4, -0.2) is 85.8 Å². The first kappa shape index (κ1) is 27.3. The molecule has 2 rings (SSSR count). The smallest absolute Gasteiger partial charge is 0.475 e. The number of thiophene rings is 1. The predicted molar refractivity (Wildman–Crippen MR) is 112 cm³/mol. The van der Waals surface area contributed by atoms with Gasteiger partial charge in [-0.3, -0.25) is 4.79 Å². The molecule has 0 spiro atoms. The van der Waals surface area contributed by atoms with Crippen LogP contribution in [0.3, 0.4) is 0 Å². The summed E-state index contributed by atoms with van der Waals surface area (Å²) in [7, 11) is -3.31. The molecule has 0 saturated carbocycles. The van der Waals surface area contributed by atoms with Crippen molar-refractivity contribution in [3.8, 4) is 0 Å². The van der Waals surface area contributed by atoms with Gasteiger partial charge < -0.3 is 15.3 Å². The van der Waals surface area contributed by atoms with Crippen LogP contribution in [-0.2, 0) is 14.8 Å². The number of halogens is 3. The van der Waals surface area contributed by atoms with Crippen molar-refractivity contribution in [2.45, 2.75) is 32.4 Å². The van der Waals surface area contributed by atoms with Gasteiger partial charge in [-0.1, -0.05) is 25.8 Å². The summed E-state index contributed by atoms with van der Waals surface area (Å²) in [4.78, 5) is 23.9. The SMILES string of the molecule is CCCCCN(CCS(=O)(=O)N1CCNCC1)C(=O)c1cccs1.O=C(O)C(F)(F)F. The molecule has 0 unspecified atom stereocenters. The van der Waals surface area contributed by atoms with Gasteiger partial charge in [-0.05, 0) is 17.9 Å². The molecule has 1 amide bonds. The summed E-state index contributed by atoms with van der Waals surface area (Å²) in [5.41, 5.74) is 0. The summed E-state index contributed by atoms with van der Waals surface area (Å²) in [6.07, 6.45) is -2.07. The summed E-state index contributed by atoms with van der Waals surface area (Å²) in [6.45, 7) is 5.38. The van der Waals surface area contributed by atoms with Crippen LogP contribution in [0.4, 0.5) is 13.2 Å². The van der Waals surface area contributed by atoms with Crippen molar-refractivity contribution >= 4 is 33.2 Å². The van der Waals surface area contributed by atoms with Gasteiger partial charge >= 0.3 is 12.1 Å². The van der Waals surface area contributed by atoms with E-state index in [2.05, 4.69) is 12.2 Å². The van der Waals surface area contributed by atoms with Crippen molar-refractivity contribution in [2.75, 3.05) is 45.0 Å². The van der Waals surface area contributed by atoms with Crippen LogP contribution < -0.4 is 5.32 Å². The number of amides is 1. The summed E-state index contributed by atoms with van der Waals surface area (Å²) in [5.74, 6) is -2.82. The summed E-state index contributed by atoms with van der Waals surface area (Å²) >= 11 is 1.40. The number of alkyl halides is 3. The Kier molecular flexibility index (Phi) is 11.5. The summed E-state index contributed by atoms with van der Waals surface area (Å²) < 4.78 is 58.3. The zero-order valence-electron chi connectivity index (χ0n) is 17.2. The van der Waals surface area contributed by atoms with Crippen LogP contribution in [0.15, 0.2) is 17.5 Å². The average molecular weight is 488 g/mol. The number of carbonyl (C=O) groups is 2. The fraction of sp³-hybridized carbons (Fsp3) is 0.667. The van der Waals surface area contributed by atoms with Gasteiger partial charge in [0.2, 0.25) is 10.0 Å². The van der Waals surface area contributed by atoms with Crippen molar-refractivity contribution in [1.29, 1.82) is 0 Å².